The molecule has 0 aliphatic carbocycles. The van der Waals surface area contributed by atoms with Crippen molar-refractivity contribution >= 4 is 30.8 Å². The quantitative estimate of drug-likeness (QED) is 0.500. The van der Waals surface area contributed by atoms with E-state index < -0.39 is 27.1 Å². The first kappa shape index (κ1) is 16.7. The third kappa shape index (κ3) is 4.68. The molecule has 0 amide bonds. The summed E-state index contributed by atoms with van der Waals surface area (Å²) >= 11 is -1.66. The fourth-order valence-electron chi connectivity index (χ4n) is 1.92. The van der Waals surface area contributed by atoms with Gasteiger partial charge in [0, 0.05) is 0 Å². The molecule has 0 unspecified atom stereocenters. The van der Waals surface area contributed by atoms with E-state index in [4.69, 9.17) is 9.05 Å². The summed E-state index contributed by atoms with van der Waals surface area (Å²) in [4.78, 5) is 0. The molecule has 113 valence electrons. The molecule has 0 fully saturated rings. The molecular weight excluding hydrogens is 399 g/mol. The molecule has 0 aromatic heterocycles. The van der Waals surface area contributed by atoms with Crippen molar-refractivity contribution in [3.8, 4) is 0 Å². The van der Waals surface area contributed by atoms with E-state index in [0.29, 0.717) is 13.2 Å². The van der Waals surface area contributed by atoms with E-state index in [1.807, 2.05) is 26.0 Å². The summed E-state index contributed by atoms with van der Waals surface area (Å²) in [5.41, 5.74) is 0. The number of benzene rings is 1. The summed E-state index contributed by atoms with van der Waals surface area (Å²) in [6, 6.07) is 10.5. The van der Waals surface area contributed by atoms with Crippen LogP contribution in [0.2, 0.25) is 0 Å². The third-order valence-corrected chi connectivity index (χ3v) is 10.2. The second-order valence-electron chi connectivity index (χ2n) is 4.24. The Kier molecular flexibility index (Phi) is 6.48. The predicted molar refractivity (Wildman–Crippen MR) is 89.1 cm³/mol. The molecule has 0 spiro atoms. The fourth-order valence-corrected chi connectivity index (χ4v) is 8.43. The number of hydrogen-bond acceptors (Lipinski definition) is 3. The van der Waals surface area contributed by atoms with Gasteiger partial charge in [0.25, 0.3) is 0 Å². The van der Waals surface area contributed by atoms with Crippen molar-refractivity contribution in [2.75, 3.05) is 13.2 Å². The molecule has 1 aliphatic heterocycles. The Labute approximate surface area is 133 Å². The van der Waals surface area contributed by atoms with Crippen LogP contribution in [0, 0.1) is 0 Å². The van der Waals surface area contributed by atoms with Crippen LogP contribution in [0.3, 0.4) is 0 Å². The second-order valence-corrected chi connectivity index (χ2v) is 11.5. The van der Waals surface area contributed by atoms with Gasteiger partial charge >= 0.3 is 134 Å². The Hall–Kier alpha value is -0.620. The fraction of sp³-hybridized carbons (Fsp3) is 0.250. The molecule has 2 rings (SSSR count). The Morgan fingerprint density at radius 1 is 1.14 bits per heavy atom. The van der Waals surface area contributed by atoms with Gasteiger partial charge in [0.15, 0.2) is 0 Å². The van der Waals surface area contributed by atoms with Crippen LogP contribution in [0.1, 0.15) is 13.8 Å². The number of allylic oxidation sites excluding steroid dienone is 4. The molecule has 3 nitrogen and oxygen atoms in total. The van der Waals surface area contributed by atoms with Crippen molar-refractivity contribution in [3.05, 3.63) is 62.1 Å². The zero-order chi connectivity index (χ0) is 15.1. The Bertz CT molecular complexity index is 583. The minimum absolute atomic E-state index is 0.376. The number of hydrogen-bond donors (Lipinski definition) is 0. The minimum atomic E-state index is -3.11. The number of rotatable bonds is 7. The van der Waals surface area contributed by atoms with Gasteiger partial charge in [-0.15, -0.1) is 0 Å². The molecular formula is C16H20O3PTe. The van der Waals surface area contributed by atoms with Gasteiger partial charge < -0.3 is 0 Å². The van der Waals surface area contributed by atoms with Gasteiger partial charge in [0.1, 0.15) is 0 Å². The summed E-state index contributed by atoms with van der Waals surface area (Å²) in [6.45, 7) is 4.39. The Morgan fingerprint density at radius 2 is 1.81 bits per heavy atom. The van der Waals surface area contributed by atoms with Gasteiger partial charge in [0.2, 0.25) is 0 Å². The molecule has 0 saturated carbocycles. The molecule has 1 aliphatic rings. The van der Waals surface area contributed by atoms with Gasteiger partial charge in [-0.25, -0.2) is 0 Å². The van der Waals surface area contributed by atoms with Crippen molar-refractivity contribution in [3.63, 3.8) is 0 Å². The van der Waals surface area contributed by atoms with E-state index in [2.05, 4.69) is 40.5 Å². The molecule has 0 bridgehead atoms. The second kappa shape index (κ2) is 8.13. The molecule has 0 N–H and O–H groups in total. The summed E-state index contributed by atoms with van der Waals surface area (Å²) in [7, 11) is -3.11. The van der Waals surface area contributed by atoms with Gasteiger partial charge in [-0.1, -0.05) is 0 Å². The Morgan fingerprint density at radius 3 is 2.43 bits per heavy atom. The van der Waals surface area contributed by atoms with Crippen molar-refractivity contribution in [1.82, 2.24) is 0 Å². The normalized spacial score (nSPS) is 15.8. The molecule has 0 saturated heterocycles. The summed E-state index contributed by atoms with van der Waals surface area (Å²) in [5, 5.41) is 0. The van der Waals surface area contributed by atoms with Crippen LogP contribution in [0.4, 0.5) is 0 Å². The van der Waals surface area contributed by atoms with Gasteiger partial charge in [-0.3, -0.25) is 0 Å². The van der Waals surface area contributed by atoms with Crippen LogP contribution in [0.25, 0.3) is 0 Å². The van der Waals surface area contributed by atoms with Gasteiger partial charge in [-0.2, -0.15) is 0 Å². The molecule has 1 heterocycles. The van der Waals surface area contributed by atoms with Gasteiger partial charge in [-0.05, 0) is 0 Å². The van der Waals surface area contributed by atoms with E-state index in [0.717, 1.165) is 0 Å². The average Bonchev–Trinajstić information content (AvgIpc) is 2.95. The first-order chi connectivity index (χ1) is 10.2. The maximum absolute atomic E-state index is 12.5. The first-order valence-corrected chi connectivity index (χ1v) is 12.2. The monoisotopic (exact) mass is 421 g/mol. The van der Waals surface area contributed by atoms with Crippen LogP contribution in [0.5, 0.6) is 0 Å². The van der Waals surface area contributed by atoms with E-state index in [1.54, 1.807) is 5.82 Å². The maximum atomic E-state index is 12.5. The molecule has 21 heavy (non-hydrogen) atoms. The Balaban J connectivity index is 2.15. The zero-order valence-corrected chi connectivity index (χ0v) is 15.5. The van der Waals surface area contributed by atoms with E-state index in [1.165, 1.54) is 7.23 Å². The topological polar surface area (TPSA) is 35.5 Å². The van der Waals surface area contributed by atoms with Crippen LogP contribution in [-0.2, 0) is 13.6 Å². The summed E-state index contributed by atoms with van der Waals surface area (Å²) in [5.74, 6) is 1.61. The molecule has 1 radical (unpaired) electrons. The van der Waals surface area contributed by atoms with Crippen molar-refractivity contribution in [2.24, 2.45) is 0 Å². The van der Waals surface area contributed by atoms with E-state index in [9.17, 15) is 4.57 Å². The van der Waals surface area contributed by atoms with Crippen LogP contribution >= 0.6 is 7.60 Å². The standard InChI is InChI=1S/C16H20O3PTe/c1-3-18-20(17,19-4-2)13-12-16-11-8-14-21(16)15-9-6-5-7-10-15/h5-14H,3-4H2,1-2H3/b13-12+. The van der Waals surface area contributed by atoms with Crippen LogP contribution in [-0.4, -0.2) is 32.8 Å². The zero-order valence-electron chi connectivity index (χ0n) is 12.3. The van der Waals surface area contributed by atoms with E-state index >= 15 is 0 Å². The van der Waals surface area contributed by atoms with Gasteiger partial charge in [0.05, 0.1) is 0 Å². The third-order valence-electron chi connectivity index (χ3n) is 2.77. The average molecular weight is 419 g/mol. The molecule has 5 heteroatoms. The van der Waals surface area contributed by atoms with Crippen molar-refractivity contribution in [1.29, 1.82) is 0 Å². The van der Waals surface area contributed by atoms with Crippen LogP contribution in [0.15, 0.2) is 62.1 Å². The van der Waals surface area contributed by atoms with Crippen molar-refractivity contribution < 1.29 is 13.6 Å². The molecule has 1 aromatic carbocycles. The van der Waals surface area contributed by atoms with Crippen LogP contribution < -0.4 is 3.61 Å². The summed E-state index contributed by atoms with van der Waals surface area (Å²) < 4.78 is 28.0. The summed E-state index contributed by atoms with van der Waals surface area (Å²) in [6.07, 6.45) is 6.12. The predicted octanol–water partition coefficient (Wildman–Crippen LogP) is 3.74. The molecule has 0 atom stereocenters. The molecule has 1 aromatic rings. The SMILES string of the molecule is CCOP(=O)(/C=C/C1=CC=C[Te]1c1ccccc1)OCC. The van der Waals surface area contributed by atoms with Crippen molar-refractivity contribution in [2.45, 2.75) is 13.8 Å². The van der Waals surface area contributed by atoms with E-state index in [-0.39, 0.29) is 0 Å². The first-order valence-electron chi connectivity index (χ1n) is 6.93.